The molecule has 0 unspecified atom stereocenters. The Bertz CT molecular complexity index is 1190. The normalized spacial score (nSPS) is 10.7. The third-order valence-electron chi connectivity index (χ3n) is 4.43. The maximum absolute atomic E-state index is 13.2. The van der Waals surface area contributed by atoms with Crippen molar-refractivity contribution in [1.29, 1.82) is 0 Å². The molecule has 4 rings (SSSR count). The first kappa shape index (κ1) is 18.8. The average Bonchev–Trinajstić information content (AvgIpc) is 3.10. The molecular weight excluding hydrogens is 388 g/mol. The first-order chi connectivity index (χ1) is 14.0. The molecule has 0 atom stereocenters. The predicted octanol–water partition coefficient (Wildman–Crippen LogP) is 5.40. The number of carbonyl (C=O) groups excluding carboxylic acids is 2. The lowest BCUT2D eigenvalue weighted by Crippen LogP contribution is -2.33. The number of ketones is 1. The number of anilines is 1. The average molecular weight is 405 g/mol. The zero-order valence-electron chi connectivity index (χ0n) is 15.6. The lowest BCUT2D eigenvalue weighted by molar-refractivity contribution is -0.120. The van der Waals surface area contributed by atoms with Gasteiger partial charge in [0, 0.05) is 28.4 Å². The number of carbonyl (C=O) groups is 2. The van der Waals surface area contributed by atoms with Crippen LogP contribution >= 0.6 is 11.6 Å². The van der Waals surface area contributed by atoms with Crippen molar-refractivity contribution < 1.29 is 14.4 Å². The number of benzene rings is 3. The highest BCUT2D eigenvalue weighted by atomic mass is 35.5. The van der Waals surface area contributed by atoms with Gasteiger partial charge in [0.05, 0.1) is 0 Å². The molecule has 1 aromatic heterocycles. The zero-order valence-corrected chi connectivity index (χ0v) is 16.3. The molecule has 1 heterocycles. The van der Waals surface area contributed by atoms with Crippen LogP contribution in [0.2, 0.25) is 5.02 Å². The molecule has 0 saturated heterocycles. The van der Waals surface area contributed by atoms with E-state index in [-0.39, 0.29) is 17.4 Å². The van der Waals surface area contributed by atoms with Gasteiger partial charge in [-0.1, -0.05) is 60.1 Å². The molecule has 6 heteroatoms. The van der Waals surface area contributed by atoms with Crippen molar-refractivity contribution >= 4 is 39.9 Å². The Morgan fingerprint density at radius 1 is 0.931 bits per heavy atom. The van der Waals surface area contributed by atoms with Crippen LogP contribution in [0.5, 0.6) is 5.75 Å². The number of hydrogen-bond donors (Lipinski definition) is 1. The Balaban J connectivity index is 1.90. The fraction of sp³-hybridized carbons (Fsp3) is 0.0435. The van der Waals surface area contributed by atoms with E-state index in [1.807, 2.05) is 12.1 Å². The topological polar surface area (TPSA) is 62.4 Å². The summed E-state index contributed by atoms with van der Waals surface area (Å²) in [6, 6.07) is 23.0. The van der Waals surface area contributed by atoms with Gasteiger partial charge < -0.3 is 9.82 Å². The van der Waals surface area contributed by atoms with Crippen molar-refractivity contribution in [3.05, 3.63) is 95.1 Å². The number of H-pyrrole nitrogens is 1. The van der Waals surface area contributed by atoms with Crippen LogP contribution in [0.3, 0.4) is 0 Å². The molecule has 4 aromatic rings. The maximum Gasteiger partial charge on any atom is 0.257 e. The quantitative estimate of drug-likeness (QED) is 0.358. The van der Waals surface area contributed by atoms with Gasteiger partial charge in [-0.05, 0) is 30.3 Å². The molecule has 1 amide bonds. The van der Waals surface area contributed by atoms with Crippen molar-refractivity contribution in [1.82, 2.24) is 4.98 Å². The Labute approximate surface area is 172 Å². The minimum Gasteiger partial charge on any atom is -0.372 e. The van der Waals surface area contributed by atoms with Gasteiger partial charge in [-0.25, -0.2) is 0 Å². The molecular formula is C23H17ClN2O3. The Kier molecular flexibility index (Phi) is 5.06. The molecule has 3 aromatic carbocycles. The van der Waals surface area contributed by atoms with Crippen molar-refractivity contribution in [3.63, 3.8) is 0 Å². The van der Waals surface area contributed by atoms with E-state index in [0.717, 1.165) is 5.06 Å². The summed E-state index contributed by atoms with van der Waals surface area (Å²) in [7, 11) is 0. The number of nitrogens with one attached hydrogen (secondary N) is 1. The molecule has 0 bridgehead atoms. The number of rotatable bonds is 5. The van der Waals surface area contributed by atoms with Crippen LogP contribution < -0.4 is 9.90 Å². The van der Waals surface area contributed by atoms with Gasteiger partial charge in [0.2, 0.25) is 5.78 Å². The summed E-state index contributed by atoms with van der Waals surface area (Å²) >= 11 is 6.13. The van der Waals surface area contributed by atoms with Gasteiger partial charge in [0.15, 0.2) is 5.75 Å². The van der Waals surface area contributed by atoms with Gasteiger partial charge in [-0.15, -0.1) is 5.06 Å². The van der Waals surface area contributed by atoms with E-state index >= 15 is 0 Å². The van der Waals surface area contributed by atoms with E-state index in [2.05, 4.69) is 4.98 Å². The summed E-state index contributed by atoms with van der Waals surface area (Å²) < 4.78 is 0. The maximum atomic E-state index is 13.2. The fourth-order valence-electron chi connectivity index (χ4n) is 3.12. The molecule has 0 aliphatic carbocycles. The highest BCUT2D eigenvalue weighted by Crippen LogP contribution is 2.35. The number of para-hydroxylation sites is 1. The van der Waals surface area contributed by atoms with E-state index in [1.54, 1.807) is 66.7 Å². The largest absolute Gasteiger partial charge is 0.372 e. The molecule has 144 valence electrons. The van der Waals surface area contributed by atoms with E-state index in [1.165, 1.54) is 6.92 Å². The number of halogens is 1. The van der Waals surface area contributed by atoms with Gasteiger partial charge >= 0.3 is 0 Å². The summed E-state index contributed by atoms with van der Waals surface area (Å²) in [5, 5.41) is 2.31. The van der Waals surface area contributed by atoms with Crippen molar-refractivity contribution in [3.8, 4) is 5.75 Å². The first-order valence-corrected chi connectivity index (χ1v) is 9.37. The van der Waals surface area contributed by atoms with Crippen LogP contribution in [0.1, 0.15) is 23.0 Å². The van der Waals surface area contributed by atoms with Gasteiger partial charge in [-0.2, -0.15) is 0 Å². The minimum absolute atomic E-state index is 0.250. The third kappa shape index (κ3) is 3.73. The van der Waals surface area contributed by atoms with Crippen molar-refractivity contribution in [2.75, 3.05) is 5.06 Å². The Morgan fingerprint density at radius 2 is 1.59 bits per heavy atom. The van der Waals surface area contributed by atoms with Crippen LogP contribution in [0.25, 0.3) is 10.9 Å². The number of hydrogen-bond acceptors (Lipinski definition) is 3. The molecule has 0 radical (unpaired) electrons. The van der Waals surface area contributed by atoms with E-state index in [9.17, 15) is 9.59 Å². The monoisotopic (exact) mass is 404 g/mol. The van der Waals surface area contributed by atoms with Gasteiger partial charge in [-0.3, -0.25) is 9.59 Å². The van der Waals surface area contributed by atoms with Crippen LogP contribution in [0.15, 0.2) is 78.9 Å². The summed E-state index contributed by atoms with van der Waals surface area (Å²) in [5.74, 6) is -0.147. The summed E-state index contributed by atoms with van der Waals surface area (Å²) in [5.41, 5.74) is 1.73. The Hall–Kier alpha value is -3.57. The van der Waals surface area contributed by atoms with Gasteiger partial charge in [0.25, 0.3) is 5.91 Å². The lowest BCUT2D eigenvalue weighted by atomic mass is 10.1. The third-order valence-corrected chi connectivity index (χ3v) is 4.66. The lowest BCUT2D eigenvalue weighted by Gasteiger charge is -2.21. The van der Waals surface area contributed by atoms with E-state index < -0.39 is 0 Å². The highest BCUT2D eigenvalue weighted by molar-refractivity contribution is 6.31. The standard InChI is InChI=1S/C23H17ClN2O3/c1-15(27)26(29-18-10-6-3-7-11-18)22-19-13-12-17(24)14-20(19)25-21(22)23(28)16-8-4-2-5-9-16/h2-14,25H,1H3. The first-order valence-electron chi connectivity index (χ1n) is 8.99. The van der Waals surface area contributed by atoms with Crippen LogP contribution in [-0.4, -0.2) is 16.7 Å². The SMILES string of the molecule is CC(=O)N(Oc1ccccc1)c1c(C(=O)c2ccccc2)[nH]c2cc(Cl)ccc12. The zero-order chi connectivity index (χ0) is 20.4. The summed E-state index contributed by atoms with van der Waals surface area (Å²) in [6.45, 7) is 1.38. The number of aromatic nitrogens is 1. The van der Waals surface area contributed by atoms with Crippen LogP contribution in [0, 0.1) is 0 Å². The number of aromatic amines is 1. The molecule has 5 nitrogen and oxygen atoms in total. The second-order valence-electron chi connectivity index (χ2n) is 6.45. The Morgan fingerprint density at radius 3 is 2.24 bits per heavy atom. The second kappa shape index (κ2) is 7.81. The second-order valence-corrected chi connectivity index (χ2v) is 6.89. The van der Waals surface area contributed by atoms with E-state index in [4.69, 9.17) is 16.4 Å². The summed E-state index contributed by atoms with van der Waals surface area (Å²) in [4.78, 5) is 34.7. The van der Waals surface area contributed by atoms with Gasteiger partial charge in [0.1, 0.15) is 11.4 Å². The number of fused-ring (bicyclic) bond motifs is 1. The molecule has 0 spiro atoms. The minimum atomic E-state index is -0.369. The molecule has 1 N–H and O–H groups in total. The molecule has 0 saturated carbocycles. The number of hydroxylamine groups is 1. The predicted molar refractivity (Wildman–Crippen MR) is 113 cm³/mol. The molecule has 0 fully saturated rings. The van der Waals surface area contributed by atoms with Crippen LogP contribution in [0.4, 0.5) is 5.69 Å². The highest BCUT2D eigenvalue weighted by Gasteiger charge is 2.27. The molecule has 29 heavy (non-hydrogen) atoms. The van der Waals surface area contributed by atoms with Crippen molar-refractivity contribution in [2.45, 2.75) is 6.92 Å². The summed E-state index contributed by atoms with van der Waals surface area (Å²) in [6.07, 6.45) is 0. The number of amides is 1. The van der Waals surface area contributed by atoms with E-state index in [0.29, 0.717) is 32.9 Å². The molecule has 0 aliphatic rings. The van der Waals surface area contributed by atoms with Crippen LogP contribution in [-0.2, 0) is 4.79 Å². The smallest absolute Gasteiger partial charge is 0.257 e. The fourth-order valence-corrected chi connectivity index (χ4v) is 3.29. The molecule has 0 aliphatic heterocycles. The number of nitrogens with zero attached hydrogens (tertiary/aromatic N) is 1. The van der Waals surface area contributed by atoms with Crippen molar-refractivity contribution in [2.24, 2.45) is 0 Å².